The second kappa shape index (κ2) is 11.9. The topological polar surface area (TPSA) is 201 Å². The van der Waals surface area contributed by atoms with Crippen molar-refractivity contribution >= 4 is 23.8 Å². The number of hydrogen-bond acceptors (Lipinski definition) is 12. The molecule has 0 radical (unpaired) electrons. The number of aliphatic hydroxyl groups is 3. The molecule has 8 atom stereocenters. The molecule has 0 aromatic heterocycles. The van der Waals surface area contributed by atoms with E-state index in [-0.39, 0.29) is 30.6 Å². The largest absolute Gasteiger partial charge is 0.493 e. The first-order chi connectivity index (χ1) is 21.2. The lowest BCUT2D eigenvalue weighted by Crippen LogP contribution is -2.74. The second-order valence-corrected chi connectivity index (χ2v) is 12.7. The highest BCUT2D eigenvalue weighted by atomic mass is 16.6. The van der Waals surface area contributed by atoms with E-state index in [0.717, 1.165) is 18.1 Å². The minimum absolute atomic E-state index is 0.0105. The van der Waals surface area contributed by atoms with Crippen LogP contribution in [0, 0.1) is 5.92 Å². The van der Waals surface area contributed by atoms with Gasteiger partial charge in [0.15, 0.2) is 35.9 Å². The molecule has 1 spiro atoms. The van der Waals surface area contributed by atoms with E-state index in [1.807, 2.05) is 13.1 Å². The maximum Gasteiger partial charge on any atom is 0.343 e. The van der Waals surface area contributed by atoms with Crippen molar-refractivity contribution in [3.8, 4) is 11.5 Å². The number of ether oxygens (including phenoxy) is 4. The third-order valence-electron chi connectivity index (χ3n) is 9.54. The minimum atomic E-state index is -2.42. The molecule has 0 unspecified atom stereocenters. The molecule has 45 heavy (non-hydrogen) atoms. The Morgan fingerprint density at radius 1 is 1.13 bits per heavy atom. The number of carboxylic acids is 1. The highest BCUT2D eigenvalue weighted by Crippen LogP contribution is 2.65. The van der Waals surface area contributed by atoms with Crippen molar-refractivity contribution in [2.24, 2.45) is 5.92 Å². The average Bonchev–Trinajstić information content (AvgIpc) is 3.34. The zero-order chi connectivity index (χ0) is 33.0. The molecule has 246 valence electrons. The number of likely N-dealkylation sites (tertiary alicyclic amines) is 1. The third-order valence-corrected chi connectivity index (χ3v) is 9.54. The summed E-state index contributed by atoms with van der Waals surface area (Å²) in [5.74, 6) is -4.21. The monoisotopic (exact) mass is 632 g/mol. The zero-order valence-electron chi connectivity index (χ0n) is 25.8. The number of carbonyl (C=O) groups excluding carboxylic acids is 3. The van der Waals surface area contributed by atoms with Crippen molar-refractivity contribution in [1.29, 1.82) is 0 Å². The van der Waals surface area contributed by atoms with Crippen LogP contribution in [0.5, 0.6) is 11.5 Å². The Morgan fingerprint density at radius 2 is 1.82 bits per heavy atom. The number of benzene rings is 1. The van der Waals surface area contributed by atoms with Crippen molar-refractivity contribution in [1.82, 2.24) is 10.2 Å². The lowest BCUT2D eigenvalue weighted by atomic mass is 9.50. The Labute approximate surface area is 259 Å². The van der Waals surface area contributed by atoms with Gasteiger partial charge in [0, 0.05) is 18.0 Å². The van der Waals surface area contributed by atoms with Gasteiger partial charge in [0.2, 0.25) is 0 Å². The van der Waals surface area contributed by atoms with Crippen molar-refractivity contribution in [3.63, 3.8) is 0 Å². The minimum Gasteiger partial charge on any atom is -0.493 e. The fourth-order valence-electron chi connectivity index (χ4n) is 7.30. The van der Waals surface area contributed by atoms with Crippen LogP contribution in [-0.4, -0.2) is 112 Å². The number of amides is 1. The van der Waals surface area contributed by atoms with Gasteiger partial charge in [-0.2, -0.15) is 0 Å². The van der Waals surface area contributed by atoms with E-state index in [0.29, 0.717) is 30.9 Å². The Balaban J connectivity index is 1.30. The van der Waals surface area contributed by atoms with Crippen LogP contribution >= 0.6 is 0 Å². The lowest BCUT2D eigenvalue weighted by molar-refractivity contribution is -0.181. The third kappa shape index (κ3) is 5.23. The molecular weight excluding hydrogens is 592 g/mol. The number of hydrogen-bond donors (Lipinski definition) is 5. The van der Waals surface area contributed by atoms with Crippen LogP contribution in [-0.2, 0) is 40.5 Å². The van der Waals surface area contributed by atoms with Crippen molar-refractivity contribution in [2.45, 2.75) is 94.0 Å². The number of likely N-dealkylation sites (N-methyl/N-ethyl adjacent to an activating group) is 1. The fourth-order valence-corrected chi connectivity index (χ4v) is 7.30. The highest BCUT2D eigenvalue weighted by molar-refractivity contribution is 5.90. The summed E-state index contributed by atoms with van der Waals surface area (Å²) < 4.78 is 22.4. The van der Waals surface area contributed by atoms with E-state index in [9.17, 15) is 39.6 Å². The van der Waals surface area contributed by atoms with Crippen molar-refractivity contribution in [3.05, 3.63) is 35.1 Å². The summed E-state index contributed by atoms with van der Waals surface area (Å²) in [5, 5.41) is 44.9. The van der Waals surface area contributed by atoms with E-state index in [2.05, 4.69) is 10.2 Å². The summed E-state index contributed by atoms with van der Waals surface area (Å²) in [4.78, 5) is 51.7. The SMILES string of the molecule is COc1ccc2c3c1O[C@@H]1C(OC(=O)[C@H](O)[C@@H](O)C(=O)O[C@@H](C)C(=O)N[C@@H](CC(C)C)C(=O)O)=CC[C@]4(O)[C@H](C2)N(C)CC[C@@]314. The number of esters is 2. The number of nitrogens with one attached hydrogen (secondary N) is 1. The molecule has 2 heterocycles. The Bertz CT molecular complexity index is 1430. The summed E-state index contributed by atoms with van der Waals surface area (Å²) in [7, 11) is 3.45. The molecule has 5 N–H and O–H groups in total. The average molecular weight is 633 g/mol. The van der Waals surface area contributed by atoms with Gasteiger partial charge in [-0.1, -0.05) is 19.9 Å². The number of rotatable bonds is 11. The van der Waals surface area contributed by atoms with Crippen LogP contribution in [0.15, 0.2) is 24.0 Å². The molecule has 1 saturated heterocycles. The van der Waals surface area contributed by atoms with Crippen LogP contribution in [0.4, 0.5) is 0 Å². The van der Waals surface area contributed by atoms with Gasteiger partial charge in [-0.25, -0.2) is 14.4 Å². The number of carbonyl (C=O) groups is 4. The van der Waals surface area contributed by atoms with E-state index < -0.39 is 65.3 Å². The van der Waals surface area contributed by atoms with Gasteiger partial charge in [-0.3, -0.25) is 4.79 Å². The molecule has 2 aliphatic heterocycles. The van der Waals surface area contributed by atoms with Gasteiger partial charge >= 0.3 is 17.9 Å². The molecule has 14 heteroatoms. The molecule has 1 fully saturated rings. The molecule has 4 aliphatic rings. The van der Waals surface area contributed by atoms with E-state index >= 15 is 0 Å². The molecule has 0 saturated carbocycles. The first kappa shape index (κ1) is 32.7. The molecule has 2 aliphatic carbocycles. The Morgan fingerprint density at radius 3 is 2.47 bits per heavy atom. The summed E-state index contributed by atoms with van der Waals surface area (Å²) in [6, 6.07) is 2.26. The van der Waals surface area contributed by atoms with Crippen LogP contribution in [0.1, 0.15) is 51.2 Å². The molecule has 5 rings (SSSR count). The van der Waals surface area contributed by atoms with E-state index in [1.165, 1.54) is 13.2 Å². The van der Waals surface area contributed by atoms with Crippen molar-refractivity contribution in [2.75, 3.05) is 20.7 Å². The smallest absolute Gasteiger partial charge is 0.343 e. The summed E-state index contributed by atoms with van der Waals surface area (Å²) in [5.41, 5.74) is -0.466. The normalized spacial score (nSPS) is 28.9. The Hall–Kier alpha value is -3.72. The summed E-state index contributed by atoms with van der Waals surface area (Å²) >= 11 is 0. The number of aliphatic hydroxyl groups excluding tert-OH is 2. The lowest BCUT2D eigenvalue weighted by Gasteiger charge is -2.61. The second-order valence-electron chi connectivity index (χ2n) is 12.7. The highest BCUT2D eigenvalue weighted by Gasteiger charge is 2.72. The van der Waals surface area contributed by atoms with Crippen LogP contribution < -0.4 is 14.8 Å². The van der Waals surface area contributed by atoms with Crippen LogP contribution in [0.2, 0.25) is 0 Å². The predicted molar refractivity (Wildman–Crippen MR) is 154 cm³/mol. The van der Waals surface area contributed by atoms with Crippen molar-refractivity contribution < 1.29 is 58.6 Å². The van der Waals surface area contributed by atoms with Gasteiger partial charge in [-0.15, -0.1) is 0 Å². The van der Waals surface area contributed by atoms with E-state index in [4.69, 9.17) is 18.9 Å². The summed E-state index contributed by atoms with van der Waals surface area (Å²) in [6.45, 7) is 5.34. The zero-order valence-corrected chi connectivity index (χ0v) is 25.8. The van der Waals surface area contributed by atoms with Gasteiger partial charge in [0.05, 0.1) is 18.1 Å². The predicted octanol–water partition coefficient (Wildman–Crippen LogP) is -0.215. The fraction of sp³-hybridized carbons (Fsp3) is 0.613. The molecule has 1 aromatic carbocycles. The standard InChI is InChI=1S/C31H40N2O12/c1-14(2)12-17(27(37)38)32-26(36)15(3)43-28(39)22(34)23(35)29(40)44-19-8-9-31(41)20-13-16-6-7-18(42-5)24-21(16)30(31,25(19)45-24)10-11-33(20)4/h6-8,14-15,17,20,22-23,25,34-35,41H,9-13H2,1-5H3,(H,32,36)(H,37,38)/t15-,17-,20-,22+,23+,25+,30+,31-/m0/s1. The first-order valence-electron chi connectivity index (χ1n) is 15.0. The van der Waals surface area contributed by atoms with Crippen LogP contribution in [0.3, 0.4) is 0 Å². The van der Waals surface area contributed by atoms with E-state index in [1.54, 1.807) is 19.9 Å². The van der Waals surface area contributed by atoms with Gasteiger partial charge in [0.25, 0.3) is 5.91 Å². The molecular formula is C31H40N2O12. The number of carboxylic acid groups (broad SMARTS) is 1. The maximum absolute atomic E-state index is 13.1. The van der Waals surface area contributed by atoms with Gasteiger partial charge in [-0.05, 0) is 63.4 Å². The first-order valence-corrected chi connectivity index (χ1v) is 15.0. The maximum atomic E-state index is 13.1. The summed E-state index contributed by atoms with van der Waals surface area (Å²) in [6.07, 6.45) is -4.50. The Kier molecular flexibility index (Phi) is 8.64. The molecule has 14 nitrogen and oxygen atoms in total. The van der Waals surface area contributed by atoms with Gasteiger partial charge in [0.1, 0.15) is 11.8 Å². The number of piperidine rings is 1. The van der Waals surface area contributed by atoms with Crippen LogP contribution in [0.25, 0.3) is 0 Å². The van der Waals surface area contributed by atoms with Gasteiger partial charge < -0.3 is 49.6 Å². The number of nitrogens with zero attached hydrogens (tertiary/aromatic N) is 1. The number of aliphatic carboxylic acids is 1. The quantitative estimate of drug-likeness (QED) is 0.201. The molecule has 2 bridgehead atoms. The number of methoxy groups -OCH3 is 1. The molecule has 1 aromatic rings. The molecule has 1 amide bonds.